The van der Waals surface area contributed by atoms with Crippen LogP contribution in [0.15, 0.2) is 47.6 Å². The number of nitrogens with one attached hydrogen (secondary N) is 2. The summed E-state index contributed by atoms with van der Waals surface area (Å²) in [6.45, 7) is -0.290. The van der Waals surface area contributed by atoms with Crippen LogP contribution >= 0.6 is 11.6 Å². The first-order valence-corrected chi connectivity index (χ1v) is 8.26. The highest BCUT2D eigenvalue weighted by atomic mass is 35.5. The van der Waals surface area contributed by atoms with Crippen molar-refractivity contribution in [3.05, 3.63) is 53.1 Å². The number of hydrogen-bond donors (Lipinski definition) is 3. The van der Waals surface area contributed by atoms with Gasteiger partial charge in [-0.05, 0) is 42.0 Å². The van der Waals surface area contributed by atoms with E-state index < -0.39 is 17.7 Å². The summed E-state index contributed by atoms with van der Waals surface area (Å²) in [5.41, 5.74) is 8.08. The molecule has 2 rings (SSSR count). The standard InChI is InChI=1S/C18H17ClN4O5/c1-27-15-7-11(5-6-14(15)28-10-16(20)24)9-21-23-18(26)17(25)22-13-4-2-3-12(19)8-13/h2-9H,10H2,1H3,(H2,20,24)(H,22,25)(H,23,26)/b21-9+. The number of benzene rings is 2. The topological polar surface area (TPSA) is 132 Å². The molecule has 0 radical (unpaired) electrons. The molecule has 0 aliphatic carbocycles. The number of ether oxygens (including phenoxy) is 2. The Morgan fingerprint density at radius 2 is 1.93 bits per heavy atom. The second-order valence-electron chi connectivity index (χ2n) is 5.33. The average Bonchev–Trinajstić information content (AvgIpc) is 2.66. The fraction of sp³-hybridized carbons (Fsp3) is 0.111. The first-order valence-electron chi connectivity index (χ1n) is 7.88. The van der Waals surface area contributed by atoms with Crippen molar-refractivity contribution < 1.29 is 23.9 Å². The van der Waals surface area contributed by atoms with Gasteiger partial charge in [0.15, 0.2) is 18.1 Å². The molecular weight excluding hydrogens is 388 g/mol. The minimum Gasteiger partial charge on any atom is -0.493 e. The highest BCUT2D eigenvalue weighted by molar-refractivity contribution is 6.39. The Morgan fingerprint density at radius 3 is 2.61 bits per heavy atom. The highest BCUT2D eigenvalue weighted by Gasteiger charge is 2.13. The fourth-order valence-corrected chi connectivity index (χ4v) is 2.19. The van der Waals surface area contributed by atoms with Crippen molar-refractivity contribution in [3.63, 3.8) is 0 Å². The van der Waals surface area contributed by atoms with Gasteiger partial charge in [-0.2, -0.15) is 5.10 Å². The molecule has 4 N–H and O–H groups in total. The molecule has 0 spiro atoms. The van der Waals surface area contributed by atoms with Crippen molar-refractivity contribution >= 4 is 41.2 Å². The zero-order chi connectivity index (χ0) is 20.5. The second kappa shape index (κ2) is 9.93. The van der Waals surface area contributed by atoms with Crippen LogP contribution in [-0.2, 0) is 14.4 Å². The smallest absolute Gasteiger partial charge is 0.329 e. The molecule has 0 aliphatic heterocycles. The number of nitrogens with zero attached hydrogens (tertiary/aromatic N) is 1. The van der Waals surface area contributed by atoms with Gasteiger partial charge in [-0.15, -0.1) is 0 Å². The molecule has 0 aromatic heterocycles. The van der Waals surface area contributed by atoms with E-state index in [1.807, 2.05) is 0 Å². The zero-order valence-electron chi connectivity index (χ0n) is 14.8. The average molecular weight is 405 g/mol. The fourth-order valence-electron chi connectivity index (χ4n) is 2.00. The van der Waals surface area contributed by atoms with Crippen molar-refractivity contribution in [1.82, 2.24) is 5.43 Å². The van der Waals surface area contributed by atoms with Crippen molar-refractivity contribution in [1.29, 1.82) is 0 Å². The molecule has 146 valence electrons. The number of rotatable bonds is 7. The number of amides is 3. The Bertz CT molecular complexity index is 917. The highest BCUT2D eigenvalue weighted by Crippen LogP contribution is 2.27. The lowest BCUT2D eigenvalue weighted by Crippen LogP contribution is -2.32. The quantitative estimate of drug-likeness (QED) is 0.363. The van der Waals surface area contributed by atoms with E-state index in [0.29, 0.717) is 27.8 Å². The molecular formula is C18H17ClN4O5. The molecule has 2 aromatic rings. The molecule has 0 fully saturated rings. The summed E-state index contributed by atoms with van der Waals surface area (Å²) in [4.78, 5) is 34.4. The van der Waals surface area contributed by atoms with Crippen LogP contribution in [0.2, 0.25) is 5.02 Å². The monoisotopic (exact) mass is 404 g/mol. The molecule has 9 nitrogen and oxygen atoms in total. The van der Waals surface area contributed by atoms with Crippen LogP contribution in [-0.4, -0.2) is 37.7 Å². The van der Waals surface area contributed by atoms with Gasteiger partial charge in [-0.1, -0.05) is 17.7 Å². The van der Waals surface area contributed by atoms with Gasteiger partial charge in [0.05, 0.1) is 13.3 Å². The molecule has 0 aliphatic rings. The summed E-state index contributed by atoms with van der Waals surface area (Å²) in [7, 11) is 1.43. The minimum atomic E-state index is -0.954. The third-order valence-electron chi connectivity index (χ3n) is 3.23. The maximum Gasteiger partial charge on any atom is 0.329 e. The largest absolute Gasteiger partial charge is 0.493 e. The van der Waals surface area contributed by atoms with Crippen LogP contribution in [0.25, 0.3) is 0 Å². The lowest BCUT2D eigenvalue weighted by molar-refractivity contribution is -0.136. The third kappa shape index (κ3) is 6.29. The van der Waals surface area contributed by atoms with E-state index in [1.165, 1.54) is 19.4 Å². The maximum absolute atomic E-state index is 11.8. The number of nitrogens with two attached hydrogens (primary N) is 1. The molecule has 0 bridgehead atoms. The predicted molar refractivity (Wildman–Crippen MR) is 104 cm³/mol. The van der Waals surface area contributed by atoms with E-state index in [1.54, 1.807) is 36.4 Å². The Hall–Kier alpha value is -3.59. The van der Waals surface area contributed by atoms with E-state index in [2.05, 4.69) is 15.8 Å². The van der Waals surface area contributed by atoms with Crippen LogP contribution in [0.1, 0.15) is 5.56 Å². The van der Waals surface area contributed by atoms with Crippen LogP contribution in [0.3, 0.4) is 0 Å². The van der Waals surface area contributed by atoms with Crippen molar-refractivity contribution in [2.24, 2.45) is 10.8 Å². The normalized spacial score (nSPS) is 10.4. The molecule has 10 heteroatoms. The third-order valence-corrected chi connectivity index (χ3v) is 3.46. The molecule has 0 saturated carbocycles. The van der Waals surface area contributed by atoms with Crippen molar-refractivity contribution in [2.75, 3.05) is 19.0 Å². The zero-order valence-corrected chi connectivity index (χ0v) is 15.5. The number of carbonyl (C=O) groups is 3. The first-order chi connectivity index (χ1) is 13.4. The summed E-state index contributed by atoms with van der Waals surface area (Å²) in [5, 5.41) is 6.54. The summed E-state index contributed by atoms with van der Waals surface area (Å²) in [6.07, 6.45) is 1.31. The van der Waals surface area contributed by atoms with Gasteiger partial charge in [0, 0.05) is 10.7 Å². The lowest BCUT2D eigenvalue weighted by atomic mass is 10.2. The Morgan fingerprint density at radius 1 is 1.14 bits per heavy atom. The molecule has 3 amide bonds. The predicted octanol–water partition coefficient (Wildman–Crippen LogP) is 1.30. The number of halogens is 1. The summed E-state index contributed by atoms with van der Waals surface area (Å²) in [6, 6.07) is 11.1. The summed E-state index contributed by atoms with van der Waals surface area (Å²) in [5.74, 6) is -1.80. The van der Waals surface area contributed by atoms with E-state index in [9.17, 15) is 14.4 Å². The number of hydrazone groups is 1. The Kier molecular flexibility index (Phi) is 7.35. The van der Waals surface area contributed by atoms with Crippen molar-refractivity contribution in [3.8, 4) is 11.5 Å². The first kappa shape index (κ1) is 20.7. The molecule has 0 heterocycles. The van der Waals surface area contributed by atoms with E-state index in [0.717, 1.165) is 0 Å². The van der Waals surface area contributed by atoms with Crippen LogP contribution < -0.4 is 25.9 Å². The van der Waals surface area contributed by atoms with Crippen molar-refractivity contribution in [2.45, 2.75) is 0 Å². The molecule has 0 unspecified atom stereocenters. The SMILES string of the molecule is COc1cc(/C=N/NC(=O)C(=O)Nc2cccc(Cl)c2)ccc1OCC(N)=O. The van der Waals surface area contributed by atoms with E-state index >= 15 is 0 Å². The van der Waals surface area contributed by atoms with Gasteiger partial charge < -0.3 is 20.5 Å². The summed E-state index contributed by atoms with van der Waals surface area (Å²) >= 11 is 5.81. The van der Waals surface area contributed by atoms with Gasteiger partial charge in [0.1, 0.15) is 0 Å². The summed E-state index contributed by atoms with van der Waals surface area (Å²) < 4.78 is 10.4. The van der Waals surface area contributed by atoms with Gasteiger partial charge >= 0.3 is 11.8 Å². The Balaban J connectivity index is 1.94. The van der Waals surface area contributed by atoms with Gasteiger partial charge in [0.2, 0.25) is 0 Å². The van der Waals surface area contributed by atoms with Gasteiger partial charge in [0.25, 0.3) is 5.91 Å². The Labute approximate surface area is 165 Å². The van der Waals surface area contributed by atoms with Crippen LogP contribution in [0.5, 0.6) is 11.5 Å². The lowest BCUT2D eigenvalue weighted by Gasteiger charge is -2.09. The van der Waals surface area contributed by atoms with E-state index in [-0.39, 0.29) is 6.61 Å². The number of primary amides is 1. The molecule has 28 heavy (non-hydrogen) atoms. The number of hydrogen-bond acceptors (Lipinski definition) is 6. The second-order valence-corrected chi connectivity index (χ2v) is 5.77. The van der Waals surface area contributed by atoms with E-state index in [4.69, 9.17) is 26.8 Å². The van der Waals surface area contributed by atoms with Gasteiger partial charge in [-0.25, -0.2) is 5.43 Å². The number of anilines is 1. The number of methoxy groups -OCH3 is 1. The molecule has 0 saturated heterocycles. The number of carbonyl (C=O) groups excluding carboxylic acids is 3. The minimum absolute atomic E-state index is 0.290. The maximum atomic E-state index is 11.8. The van der Waals surface area contributed by atoms with Crippen LogP contribution in [0, 0.1) is 0 Å². The molecule has 0 atom stereocenters. The van der Waals surface area contributed by atoms with Gasteiger partial charge in [-0.3, -0.25) is 14.4 Å². The van der Waals surface area contributed by atoms with Crippen LogP contribution in [0.4, 0.5) is 5.69 Å². The molecule has 2 aromatic carbocycles.